The summed E-state index contributed by atoms with van der Waals surface area (Å²) in [7, 11) is 0. The van der Waals surface area contributed by atoms with Crippen LogP contribution >= 0.6 is 22.7 Å². The van der Waals surface area contributed by atoms with Gasteiger partial charge in [0.2, 0.25) is 0 Å². The van der Waals surface area contributed by atoms with Gasteiger partial charge in [-0.2, -0.15) is 0 Å². The Morgan fingerprint density at radius 3 is 1.67 bits per heavy atom. The fraction of sp³-hybridized carbons (Fsp3) is 0. The highest BCUT2D eigenvalue weighted by molar-refractivity contribution is 7.26. The molecule has 9 aromatic carbocycles. The fourth-order valence-electron chi connectivity index (χ4n) is 8.17. The summed E-state index contributed by atoms with van der Waals surface area (Å²) in [5, 5.41) is 7.85. The lowest BCUT2D eigenvalue weighted by atomic mass is 9.98. The quantitative estimate of drug-likeness (QED) is 0.164. The Labute approximate surface area is 327 Å². The summed E-state index contributed by atoms with van der Waals surface area (Å²) in [6, 6.07) is 73.4. The van der Waals surface area contributed by atoms with Crippen molar-refractivity contribution < 1.29 is 0 Å². The first-order chi connectivity index (χ1) is 27.2. The maximum atomic E-state index is 2.40. The summed E-state index contributed by atoms with van der Waals surface area (Å²) in [6.07, 6.45) is 0. The van der Waals surface area contributed by atoms with E-state index in [1.807, 2.05) is 22.7 Å². The van der Waals surface area contributed by atoms with Gasteiger partial charge in [0.1, 0.15) is 0 Å². The van der Waals surface area contributed by atoms with Gasteiger partial charge in [-0.1, -0.05) is 140 Å². The van der Waals surface area contributed by atoms with Crippen LogP contribution in [0, 0.1) is 0 Å². The van der Waals surface area contributed by atoms with E-state index in [4.69, 9.17) is 0 Å². The van der Waals surface area contributed by atoms with E-state index in [1.54, 1.807) is 0 Å². The van der Waals surface area contributed by atoms with Crippen molar-refractivity contribution in [3.63, 3.8) is 0 Å². The van der Waals surface area contributed by atoms with Crippen LogP contribution in [0.5, 0.6) is 0 Å². The van der Waals surface area contributed by atoms with Crippen molar-refractivity contribution >= 4 is 90.9 Å². The summed E-state index contributed by atoms with van der Waals surface area (Å²) < 4.78 is 5.34. The maximum Gasteiger partial charge on any atom is 0.0540 e. The van der Waals surface area contributed by atoms with Gasteiger partial charge in [0.05, 0.1) is 5.69 Å². The molecule has 0 atom stereocenters. The average molecular weight is 736 g/mol. The van der Waals surface area contributed by atoms with Gasteiger partial charge in [-0.15, -0.1) is 22.7 Å². The third kappa shape index (κ3) is 5.51. The van der Waals surface area contributed by atoms with Crippen molar-refractivity contribution in [3.8, 4) is 33.4 Å². The lowest BCUT2D eigenvalue weighted by Crippen LogP contribution is -2.11. The molecule has 0 saturated heterocycles. The number of thiophene rings is 2. The Kier molecular flexibility index (Phi) is 7.61. The number of rotatable bonds is 6. The first-order valence-corrected chi connectivity index (χ1v) is 20.3. The number of nitrogens with zero attached hydrogens (tertiary/aromatic N) is 1. The topological polar surface area (TPSA) is 3.24 Å². The molecule has 0 radical (unpaired) electrons. The molecule has 11 aromatic rings. The van der Waals surface area contributed by atoms with Crippen LogP contribution in [0.3, 0.4) is 0 Å². The van der Waals surface area contributed by atoms with Gasteiger partial charge in [0, 0.05) is 57.3 Å². The molecule has 11 rings (SSSR count). The molecule has 1 nitrogen and oxygen atoms in total. The standard InChI is InChI=1S/C52H33NS2/c1-2-11-35(12-3-1)42-13-4-7-18-48(42)53(41-29-25-36(26-30-41)43-16-10-17-46-44-14-5-9-20-50(44)55-52(43)46)40-27-23-34(24-28-40)37-21-22-38-33-51-47(32-39(38)31-37)45-15-6-8-19-49(45)54-51/h1-33H. The van der Waals surface area contributed by atoms with E-state index in [9.17, 15) is 0 Å². The second-order valence-electron chi connectivity index (χ2n) is 14.1. The molecule has 0 saturated carbocycles. The van der Waals surface area contributed by atoms with E-state index < -0.39 is 0 Å². The summed E-state index contributed by atoms with van der Waals surface area (Å²) in [5.74, 6) is 0. The minimum atomic E-state index is 1.11. The van der Waals surface area contributed by atoms with Crippen molar-refractivity contribution in [1.29, 1.82) is 0 Å². The molecule has 0 aliphatic carbocycles. The molecular formula is C52H33NS2. The molecule has 0 fully saturated rings. The molecular weight excluding hydrogens is 703 g/mol. The molecule has 2 aromatic heterocycles. The molecule has 0 aliphatic heterocycles. The zero-order valence-electron chi connectivity index (χ0n) is 29.8. The Morgan fingerprint density at radius 2 is 0.891 bits per heavy atom. The minimum Gasteiger partial charge on any atom is -0.310 e. The number of anilines is 3. The number of para-hydroxylation sites is 1. The highest BCUT2D eigenvalue weighted by Crippen LogP contribution is 2.44. The smallest absolute Gasteiger partial charge is 0.0540 e. The van der Waals surface area contributed by atoms with Crippen molar-refractivity contribution in [2.24, 2.45) is 0 Å². The molecule has 0 unspecified atom stereocenters. The molecule has 0 bridgehead atoms. The second kappa shape index (κ2) is 13.1. The number of benzene rings is 9. The van der Waals surface area contributed by atoms with Gasteiger partial charge in [-0.05, 0) is 99.3 Å². The van der Waals surface area contributed by atoms with Gasteiger partial charge >= 0.3 is 0 Å². The van der Waals surface area contributed by atoms with Crippen LogP contribution in [-0.2, 0) is 0 Å². The lowest BCUT2D eigenvalue weighted by Gasteiger charge is -2.28. The van der Waals surface area contributed by atoms with Gasteiger partial charge in [0.15, 0.2) is 0 Å². The Balaban J connectivity index is 1.00. The molecule has 55 heavy (non-hydrogen) atoms. The van der Waals surface area contributed by atoms with E-state index in [-0.39, 0.29) is 0 Å². The first-order valence-electron chi connectivity index (χ1n) is 18.7. The van der Waals surface area contributed by atoms with Crippen LogP contribution in [0.1, 0.15) is 0 Å². The molecule has 0 amide bonds. The minimum absolute atomic E-state index is 1.11. The van der Waals surface area contributed by atoms with Crippen LogP contribution in [0.25, 0.3) is 84.5 Å². The molecule has 0 N–H and O–H groups in total. The van der Waals surface area contributed by atoms with E-state index in [2.05, 4.69) is 205 Å². The van der Waals surface area contributed by atoms with Crippen molar-refractivity contribution in [1.82, 2.24) is 0 Å². The van der Waals surface area contributed by atoms with Crippen molar-refractivity contribution in [2.75, 3.05) is 4.90 Å². The maximum absolute atomic E-state index is 2.40. The van der Waals surface area contributed by atoms with Crippen LogP contribution in [0.4, 0.5) is 17.1 Å². The van der Waals surface area contributed by atoms with Gasteiger partial charge in [0.25, 0.3) is 0 Å². The largest absolute Gasteiger partial charge is 0.310 e. The fourth-order valence-corrected chi connectivity index (χ4v) is 10.5. The number of fused-ring (bicyclic) bond motifs is 7. The summed E-state index contributed by atoms with van der Waals surface area (Å²) in [4.78, 5) is 2.40. The first kappa shape index (κ1) is 32.0. The second-order valence-corrected chi connectivity index (χ2v) is 16.2. The Morgan fingerprint density at radius 1 is 0.309 bits per heavy atom. The third-order valence-corrected chi connectivity index (χ3v) is 13.2. The zero-order valence-corrected chi connectivity index (χ0v) is 31.4. The third-order valence-electron chi connectivity index (χ3n) is 10.9. The number of hydrogen-bond donors (Lipinski definition) is 0. The number of hydrogen-bond acceptors (Lipinski definition) is 3. The van der Waals surface area contributed by atoms with Crippen LogP contribution in [-0.4, -0.2) is 0 Å². The van der Waals surface area contributed by atoms with E-state index in [0.717, 1.165) is 17.1 Å². The summed E-state index contributed by atoms with van der Waals surface area (Å²) >= 11 is 3.75. The van der Waals surface area contributed by atoms with Crippen molar-refractivity contribution in [3.05, 3.63) is 200 Å². The van der Waals surface area contributed by atoms with E-state index in [1.165, 1.54) is 84.5 Å². The summed E-state index contributed by atoms with van der Waals surface area (Å²) in [6.45, 7) is 0. The van der Waals surface area contributed by atoms with Crippen LogP contribution < -0.4 is 4.90 Å². The predicted molar refractivity (Wildman–Crippen MR) is 241 cm³/mol. The van der Waals surface area contributed by atoms with Gasteiger partial charge in [-0.3, -0.25) is 0 Å². The lowest BCUT2D eigenvalue weighted by molar-refractivity contribution is 1.28. The highest BCUT2D eigenvalue weighted by atomic mass is 32.1. The van der Waals surface area contributed by atoms with Crippen LogP contribution in [0.2, 0.25) is 0 Å². The molecule has 0 aliphatic rings. The molecule has 2 heterocycles. The van der Waals surface area contributed by atoms with E-state index in [0.29, 0.717) is 0 Å². The Hall–Kier alpha value is -6.52. The van der Waals surface area contributed by atoms with Gasteiger partial charge in [-0.25, -0.2) is 0 Å². The van der Waals surface area contributed by atoms with E-state index >= 15 is 0 Å². The monoisotopic (exact) mass is 735 g/mol. The average Bonchev–Trinajstić information content (AvgIpc) is 3.82. The normalized spacial score (nSPS) is 11.6. The Bertz CT molecular complexity index is 3190. The van der Waals surface area contributed by atoms with Gasteiger partial charge < -0.3 is 4.90 Å². The SMILES string of the molecule is c1ccc(-c2ccccc2N(c2ccc(-c3ccc4cc5sc6ccccc6c5cc4c3)cc2)c2ccc(-c3cccc4c3sc3ccccc34)cc2)cc1. The summed E-state index contributed by atoms with van der Waals surface area (Å²) in [5.41, 5.74) is 10.6. The van der Waals surface area contributed by atoms with Crippen molar-refractivity contribution in [2.45, 2.75) is 0 Å². The molecule has 3 heteroatoms. The predicted octanol–water partition coefficient (Wildman–Crippen LogP) is 16.0. The zero-order chi connectivity index (χ0) is 36.3. The van der Waals surface area contributed by atoms with Crippen LogP contribution in [0.15, 0.2) is 200 Å². The molecule has 0 spiro atoms. The molecule has 258 valence electrons. The highest BCUT2D eigenvalue weighted by Gasteiger charge is 2.18.